The Hall–Kier alpha value is -3.80. The second-order valence-corrected chi connectivity index (χ2v) is 9.67. The zero-order valence-corrected chi connectivity index (χ0v) is 20.1. The summed E-state index contributed by atoms with van der Waals surface area (Å²) in [5.74, 6) is -0.538. The number of urea groups is 1. The molecule has 6 rings (SSSR count). The third kappa shape index (κ3) is 4.68. The van der Waals surface area contributed by atoms with Gasteiger partial charge in [0, 0.05) is 56.7 Å². The first kappa shape index (κ1) is 23.6. The van der Waals surface area contributed by atoms with E-state index in [9.17, 15) is 18.7 Å². The van der Waals surface area contributed by atoms with Gasteiger partial charge in [0.2, 0.25) is 0 Å². The molecule has 37 heavy (non-hydrogen) atoms. The van der Waals surface area contributed by atoms with Crippen LogP contribution in [0.15, 0.2) is 30.6 Å². The van der Waals surface area contributed by atoms with Crippen LogP contribution in [-0.4, -0.2) is 86.0 Å². The molecule has 1 aromatic carbocycles. The number of amides is 2. The first-order chi connectivity index (χ1) is 17.9. The van der Waals surface area contributed by atoms with E-state index in [0.29, 0.717) is 64.2 Å². The first-order valence-corrected chi connectivity index (χ1v) is 12.4. The Labute approximate surface area is 211 Å². The van der Waals surface area contributed by atoms with Gasteiger partial charge in [-0.05, 0) is 12.1 Å². The lowest BCUT2D eigenvalue weighted by molar-refractivity contribution is 0.0136. The number of likely N-dealkylation sites (tertiary alicyclic amines) is 1. The molecule has 0 atom stereocenters. The fourth-order valence-electron chi connectivity index (χ4n) is 5.03. The third-order valence-electron chi connectivity index (χ3n) is 7.10. The molecule has 2 N–H and O–H groups in total. The van der Waals surface area contributed by atoms with Gasteiger partial charge in [-0.1, -0.05) is 0 Å². The molecule has 0 saturated carbocycles. The Bertz CT molecular complexity index is 1290. The molecule has 10 nitrogen and oxygen atoms in total. The Balaban J connectivity index is 1.20. The predicted octanol–water partition coefficient (Wildman–Crippen LogP) is 2.35. The number of β-amino-alcohol motifs (C(OH)–C–C–N with tert-alkyl or cyclic N) is 1. The number of fused-ring (bicyclic) bond motifs is 1. The van der Waals surface area contributed by atoms with Gasteiger partial charge in [0.1, 0.15) is 17.6 Å². The van der Waals surface area contributed by atoms with Crippen LogP contribution in [0.1, 0.15) is 24.2 Å². The molecule has 2 amide bonds. The summed E-state index contributed by atoms with van der Waals surface area (Å²) in [7, 11) is 0. The van der Waals surface area contributed by atoms with Gasteiger partial charge in [-0.2, -0.15) is 5.10 Å². The summed E-state index contributed by atoms with van der Waals surface area (Å²) < 4.78 is 33.1. The quantitative estimate of drug-likeness (QED) is 0.553. The fraction of sp³-hybridized carbons (Fsp3) is 0.440. The Kier molecular flexibility index (Phi) is 6.11. The Morgan fingerprint density at radius 2 is 1.89 bits per heavy atom. The second-order valence-electron chi connectivity index (χ2n) is 9.67. The lowest BCUT2D eigenvalue weighted by Crippen LogP contribution is -2.58. The van der Waals surface area contributed by atoms with E-state index in [0.717, 1.165) is 28.8 Å². The number of carbonyl (C=O) groups excluding carboxylic acids is 1. The molecular weight excluding hydrogens is 484 g/mol. The minimum atomic E-state index is -0.706. The number of anilines is 1. The van der Waals surface area contributed by atoms with Crippen molar-refractivity contribution in [3.8, 4) is 17.0 Å². The van der Waals surface area contributed by atoms with E-state index in [1.165, 1.54) is 12.1 Å². The molecule has 2 saturated heterocycles. The minimum Gasteiger partial charge on any atom is -0.487 e. The van der Waals surface area contributed by atoms with Crippen LogP contribution >= 0.6 is 0 Å². The lowest BCUT2D eigenvalue weighted by Gasteiger charge is -2.40. The number of nitrogens with zero attached hydrogens (tertiary/aromatic N) is 6. The smallest absolute Gasteiger partial charge is 0.320 e. The summed E-state index contributed by atoms with van der Waals surface area (Å²) in [5, 5.41) is 16.4. The number of aliphatic hydroxyl groups is 1. The highest BCUT2D eigenvalue weighted by Gasteiger charge is 2.35. The number of rotatable bonds is 4. The summed E-state index contributed by atoms with van der Waals surface area (Å²) in [6, 6.07) is 3.24. The lowest BCUT2D eigenvalue weighted by atomic mass is 10.1. The van der Waals surface area contributed by atoms with Gasteiger partial charge in [-0.25, -0.2) is 23.5 Å². The number of ether oxygens (including phenoxy) is 1. The van der Waals surface area contributed by atoms with Crippen LogP contribution in [0.2, 0.25) is 0 Å². The Morgan fingerprint density at radius 3 is 2.59 bits per heavy atom. The number of benzene rings is 1. The summed E-state index contributed by atoms with van der Waals surface area (Å²) in [4.78, 5) is 28.3. The number of carbonyl (C=O) groups is 1. The molecule has 0 radical (unpaired) electrons. The van der Waals surface area contributed by atoms with Crippen LogP contribution in [0.3, 0.4) is 0 Å². The average Bonchev–Trinajstić information content (AvgIpc) is 3.42. The monoisotopic (exact) mass is 511 g/mol. The standard InChI is InChI=1S/C25H27F2N7O3/c26-16-1-2-22(19(27)9-16)37-18-3-6-32(7-4-18)24-23(15-10-28-29-11-15)30-21-14-33(8-5-20(21)31-24)25(36)34-12-17(35)13-34/h1-2,9-11,17-18,35H,3-8,12-14H2,(H,28,29). The van der Waals surface area contributed by atoms with Gasteiger partial charge in [0.15, 0.2) is 17.4 Å². The van der Waals surface area contributed by atoms with Gasteiger partial charge >= 0.3 is 6.03 Å². The van der Waals surface area contributed by atoms with Crippen LogP contribution in [0.25, 0.3) is 11.3 Å². The summed E-state index contributed by atoms with van der Waals surface area (Å²) in [6.45, 7) is 2.89. The molecule has 0 unspecified atom stereocenters. The molecule has 3 aliphatic heterocycles. The average molecular weight is 512 g/mol. The van der Waals surface area contributed by atoms with E-state index in [1.807, 2.05) is 0 Å². The molecular formula is C25H27F2N7O3. The van der Waals surface area contributed by atoms with E-state index in [-0.39, 0.29) is 17.9 Å². The SMILES string of the molecule is O=C(N1CCc2nc(N3CCC(Oc4ccc(F)cc4F)CC3)c(-c3cn[nH]c3)nc2C1)N1CC(O)C1. The number of piperidine rings is 1. The van der Waals surface area contributed by atoms with Gasteiger partial charge in [-0.15, -0.1) is 0 Å². The minimum absolute atomic E-state index is 0.0550. The number of aromatic amines is 1. The van der Waals surface area contributed by atoms with Crippen molar-refractivity contribution in [3.05, 3.63) is 53.6 Å². The fourth-order valence-corrected chi connectivity index (χ4v) is 5.03. The molecule has 5 heterocycles. The molecule has 12 heteroatoms. The zero-order valence-electron chi connectivity index (χ0n) is 20.1. The van der Waals surface area contributed by atoms with E-state index in [1.54, 1.807) is 22.2 Å². The number of H-pyrrole nitrogens is 1. The molecule has 3 aromatic rings. The molecule has 194 valence electrons. The number of aliphatic hydroxyl groups excluding tert-OH is 1. The number of nitrogens with one attached hydrogen (secondary N) is 1. The molecule has 2 aromatic heterocycles. The molecule has 3 aliphatic rings. The molecule has 0 spiro atoms. The van der Waals surface area contributed by atoms with Crippen molar-refractivity contribution in [2.45, 2.75) is 38.0 Å². The van der Waals surface area contributed by atoms with Crippen LogP contribution in [0.5, 0.6) is 5.75 Å². The number of hydrogen-bond donors (Lipinski definition) is 2. The topological polar surface area (TPSA) is 111 Å². The molecule has 0 aliphatic carbocycles. The number of aromatic nitrogens is 4. The van der Waals surface area contributed by atoms with Gasteiger partial charge < -0.3 is 24.5 Å². The van der Waals surface area contributed by atoms with Crippen LogP contribution in [0, 0.1) is 11.6 Å². The van der Waals surface area contributed by atoms with Crippen molar-refractivity contribution in [1.29, 1.82) is 0 Å². The van der Waals surface area contributed by atoms with E-state index in [4.69, 9.17) is 14.7 Å². The summed E-state index contributed by atoms with van der Waals surface area (Å²) in [5.41, 5.74) is 3.10. The van der Waals surface area contributed by atoms with E-state index < -0.39 is 17.7 Å². The normalized spacial score (nSPS) is 18.5. The van der Waals surface area contributed by atoms with Crippen molar-refractivity contribution in [2.75, 3.05) is 37.6 Å². The van der Waals surface area contributed by atoms with Gasteiger partial charge in [-0.3, -0.25) is 5.10 Å². The maximum absolute atomic E-state index is 14.0. The second kappa shape index (κ2) is 9.58. The first-order valence-electron chi connectivity index (χ1n) is 12.4. The Morgan fingerprint density at radius 1 is 1.08 bits per heavy atom. The number of hydrogen-bond acceptors (Lipinski definition) is 7. The van der Waals surface area contributed by atoms with Crippen LogP contribution < -0.4 is 9.64 Å². The molecule has 0 bridgehead atoms. The van der Waals surface area contributed by atoms with Crippen molar-refractivity contribution in [1.82, 2.24) is 30.0 Å². The van der Waals surface area contributed by atoms with Crippen molar-refractivity contribution >= 4 is 11.8 Å². The van der Waals surface area contributed by atoms with Crippen LogP contribution in [-0.2, 0) is 13.0 Å². The predicted molar refractivity (Wildman–Crippen MR) is 129 cm³/mol. The summed E-state index contributed by atoms with van der Waals surface area (Å²) in [6.07, 6.45) is 4.70. The zero-order chi connectivity index (χ0) is 25.5. The van der Waals surface area contributed by atoms with Crippen molar-refractivity contribution < 1.29 is 23.4 Å². The van der Waals surface area contributed by atoms with Crippen LogP contribution in [0.4, 0.5) is 19.4 Å². The van der Waals surface area contributed by atoms with E-state index >= 15 is 0 Å². The van der Waals surface area contributed by atoms with Crippen molar-refractivity contribution in [3.63, 3.8) is 0 Å². The highest BCUT2D eigenvalue weighted by Crippen LogP contribution is 2.33. The highest BCUT2D eigenvalue weighted by molar-refractivity contribution is 5.76. The van der Waals surface area contributed by atoms with Crippen molar-refractivity contribution in [2.24, 2.45) is 0 Å². The van der Waals surface area contributed by atoms with Gasteiger partial charge in [0.25, 0.3) is 0 Å². The summed E-state index contributed by atoms with van der Waals surface area (Å²) >= 11 is 0. The van der Waals surface area contributed by atoms with Gasteiger partial charge in [0.05, 0.1) is 43.3 Å². The maximum atomic E-state index is 14.0. The highest BCUT2D eigenvalue weighted by atomic mass is 19.1. The number of halogens is 2. The maximum Gasteiger partial charge on any atom is 0.320 e. The molecule has 2 fully saturated rings. The third-order valence-corrected chi connectivity index (χ3v) is 7.10. The largest absolute Gasteiger partial charge is 0.487 e. The van der Waals surface area contributed by atoms with E-state index in [2.05, 4.69) is 15.1 Å².